The molecule has 32 heavy (non-hydrogen) atoms. The van der Waals surface area contributed by atoms with Gasteiger partial charge in [0.15, 0.2) is 0 Å². The summed E-state index contributed by atoms with van der Waals surface area (Å²) >= 11 is 0. The lowest BCUT2D eigenvalue weighted by molar-refractivity contribution is -0.137. The highest BCUT2D eigenvalue weighted by Gasteiger charge is 2.34. The van der Waals surface area contributed by atoms with E-state index in [1.165, 1.54) is 16.8 Å². The van der Waals surface area contributed by atoms with E-state index in [2.05, 4.69) is 10.3 Å². The maximum atomic E-state index is 13.5. The Kier molecular flexibility index (Phi) is 5.21. The molecule has 0 aliphatic rings. The first-order valence-electron chi connectivity index (χ1n) is 9.07. The molecule has 0 aliphatic heterocycles. The number of nitrogen functional groups attached to an aromatic ring is 1. The van der Waals surface area contributed by atoms with Gasteiger partial charge in [-0.25, -0.2) is 17.5 Å². The number of alkyl halides is 3. The minimum atomic E-state index is -4.73. The van der Waals surface area contributed by atoms with Crippen LogP contribution in [0.25, 0.3) is 16.9 Å². The average molecular weight is 462 g/mol. The molecule has 0 aliphatic carbocycles. The second-order valence-corrected chi connectivity index (χ2v) is 8.65. The maximum Gasteiger partial charge on any atom is 0.416 e. The van der Waals surface area contributed by atoms with E-state index >= 15 is 0 Å². The maximum absolute atomic E-state index is 13.5. The Balaban J connectivity index is 1.95. The van der Waals surface area contributed by atoms with Gasteiger partial charge in [0, 0.05) is 11.3 Å². The second-order valence-electron chi connectivity index (χ2n) is 6.78. The first-order chi connectivity index (χ1) is 15.1. The van der Waals surface area contributed by atoms with Gasteiger partial charge in [-0.15, -0.1) is 5.10 Å². The number of benzene rings is 3. The van der Waals surface area contributed by atoms with Gasteiger partial charge in [0.1, 0.15) is 11.5 Å². The lowest BCUT2D eigenvalue weighted by Gasteiger charge is -2.11. The number of rotatable bonds is 4. The van der Waals surface area contributed by atoms with Crippen molar-refractivity contribution in [3.63, 3.8) is 0 Å². The number of anilines is 1. The molecule has 4 aromatic rings. The molecular weight excluding hydrogens is 448 g/mol. The average Bonchev–Trinajstić information content (AvgIpc) is 3.20. The molecule has 0 saturated heterocycles. The van der Waals surface area contributed by atoms with Crippen molar-refractivity contribution in [2.45, 2.75) is 16.1 Å². The molecule has 0 atom stereocenters. The van der Waals surface area contributed by atoms with E-state index in [4.69, 9.17) is 5.73 Å². The monoisotopic (exact) mass is 462 g/mol. The van der Waals surface area contributed by atoms with Gasteiger partial charge in [0.25, 0.3) is 0 Å². The van der Waals surface area contributed by atoms with Crippen LogP contribution in [-0.4, -0.2) is 23.4 Å². The highest BCUT2D eigenvalue weighted by atomic mass is 32.2. The quantitative estimate of drug-likeness (QED) is 0.356. The molecule has 0 unspecified atom stereocenters. The van der Waals surface area contributed by atoms with E-state index in [0.29, 0.717) is 17.4 Å². The van der Waals surface area contributed by atoms with Crippen LogP contribution in [0.1, 0.15) is 5.56 Å². The predicted molar refractivity (Wildman–Crippen MR) is 108 cm³/mol. The Labute approximate surface area is 179 Å². The Morgan fingerprint density at radius 2 is 1.56 bits per heavy atom. The number of halogens is 4. The van der Waals surface area contributed by atoms with Gasteiger partial charge in [0.05, 0.1) is 16.1 Å². The standard InChI is InChI=1S/C21H14F4N4O2S/c22-15-6-4-13(5-7-15)19-20(27-28-29(19)17-10-8-16(26)9-11-17)32(30,31)18-3-1-2-14(12-18)21(23,24)25/h1-12H,26H2. The summed E-state index contributed by atoms with van der Waals surface area (Å²) in [5.74, 6) is -0.553. The summed E-state index contributed by atoms with van der Waals surface area (Å²) < 4.78 is 80.6. The zero-order valence-electron chi connectivity index (χ0n) is 16.1. The summed E-state index contributed by atoms with van der Waals surface area (Å²) in [6.45, 7) is 0. The number of nitrogens with two attached hydrogens (primary N) is 1. The summed E-state index contributed by atoms with van der Waals surface area (Å²) in [5.41, 5.74) is 5.64. The van der Waals surface area contributed by atoms with Crippen molar-refractivity contribution >= 4 is 15.5 Å². The van der Waals surface area contributed by atoms with E-state index in [1.807, 2.05) is 0 Å². The lowest BCUT2D eigenvalue weighted by Crippen LogP contribution is -2.09. The molecule has 0 radical (unpaired) electrons. The summed E-state index contributed by atoms with van der Waals surface area (Å²) in [7, 11) is -4.52. The van der Waals surface area contributed by atoms with Gasteiger partial charge in [-0.05, 0) is 66.7 Å². The van der Waals surface area contributed by atoms with E-state index in [9.17, 15) is 26.0 Å². The molecule has 0 amide bonds. The highest BCUT2D eigenvalue weighted by molar-refractivity contribution is 7.91. The number of nitrogens with zero attached hydrogens (tertiary/aromatic N) is 3. The van der Waals surface area contributed by atoms with Crippen molar-refractivity contribution in [3.05, 3.63) is 84.2 Å². The molecule has 164 valence electrons. The molecule has 0 spiro atoms. The fourth-order valence-electron chi connectivity index (χ4n) is 3.05. The highest BCUT2D eigenvalue weighted by Crippen LogP contribution is 2.35. The van der Waals surface area contributed by atoms with Gasteiger partial charge in [-0.2, -0.15) is 13.2 Å². The van der Waals surface area contributed by atoms with Crippen molar-refractivity contribution in [1.82, 2.24) is 15.0 Å². The van der Waals surface area contributed by atoms with Crippen molar-refractivity contribution < 1.29 is 26.0 Å². The number of sulfone groups is 1. The van der Waals surface area contributed by atoms with Gasteiger partial charge in [-0.1, -0.05) is 11.3 Å². The largest absolute Gasteiger partial charge is 0.416 e. The molecule has 0 bridgehead atoms. The van der Waals surface area contributed by atoms with Crippen molar-refractivity contribution in [2.24, 2.45) is 0 Å². The molecule has 6 nitrogen and oxygen atoms in total. The summed E-state index contributed by atoms with van der Waals surface area (Å²) in [4.78, 5) is -0.597. The second kappa shape index (κ2) is 7.75. The van der Waals surface area contributed by atoms with Crippen LogP contribution in [0.4, 0.5) is 23.2 Å². The lowest BCUT2D eigenvalue weighted by atomic mass is 10.1. The molecular formula is C21H14F4N4O2S. The molecule has 1 heterocycles. The summed E-state index contributed by atoms with van der Waals surface area (Å²) in [5, 5.41) is 7.11. The molecule has 0 saturated carbocycles. The van der Waals surface area contributed by atoms with E-state index in [-0.39, 0.29) is 11.3 Å². The fraction of sp³-hybridized carbons (Fsp3) is 0.0476. The molecule has 2 N–H and O–H groups in total. The van der Waals surface area contributed by atoms with Crippen LogP contribution in [0, 0.1) is 5.82 Å². The third-order valence-electron chi connectivity index (χ3n) is 4.62. The van der Waals surface area contributed by atoms with Crippen LogP contribution in [-0.2, 0) is 16.0 Å². The zero-order chi connectivity index (χ0) is 23.1. The summed E-state index contributed by atoms with van der Waals surface area (Å²) in [6.07, 6.45) is -4.73. The van der Waals surface area contributed by atoms with Crippen LogP contribution >= 0.6 is 0 Å². The third-order valence-corrected chi connectivity index (χ3v) is 6.28. The van der Waals surface area contributed by atoms with Crippen molar-refractivity contribution in [1.29, 1.82) is 0 Å². The van der Waals surface area contributed by atoms with Crippen molar-refractivity contribution in [2.75, 3.05) is 5.73 Å². The Bertz CT molecular complexity index is 1380. The minimum Gasteiger partial charge on any atom is -0.399 e. The van der Waals surface area contributed by atoms with E-state index in [0.717, 1.165) is 30.3 Å². The fourth-order valence-corrected chi connectivity index (χ4v) is 4.42. The van der Waals surface area contributed by atoms with E-state index < -0.39 is 37.3 Å². The first-order valence-corrected chi connectivity index (χ1v) is 10.6. The molecule has 11 heteroatoms. The zero-order valence-corrected chi connectivity index (χ0v) is 16.9. The van der Waals surface area contributed by atoms with Gasteiger partial charge in [-0.3, -0.25) is 0 Å². The van der Waals surface area contributed by atoms with E-state index in [1.54, 1.807) is 24.3 Å². The van der Waals surface area contributed by atoms with Gasteiger partial charge >= 0.3 is 6.18 Å². The molecule has 4 rings (SSSR count). The predicted octanol–water partition coefficient (Wildman–Crippen LogP) is 4.51. The first kappa shape index (κ1) is 21.5. The smallest absolute Gasteiger partial charge is 0.399 e. The van der Waals surface area contributed by atoms with Crippen molar-refractivity contribution in [3.8, 4) is 16.9 Å². The third kappa shape index (κ3) is 3.94. The van der Waals surface area contributed by atoms with Crippen LogP contribution < -0.4 is 5.73 Å². The molecule has 3 aromatic carbocycles. The Morgan fingerprint density at radius 1 is 0.906 bits per heavy atom. The number of hydrogen-bond donors (Lipinski definition) is 1. The molecule has 0 fully saturated rings. The van der Waals surface area contributed by atoms with Crippen LogP contribution in [0.5, 0.6) is 0 Å². The minimum absolute atomic E-state index is 0.0350. The van der Waals surface area contributed by atoms with Crippen LogP contribution in [0.3, 0.4) is 0 Å². The normalized spacial score (nSPS) is 12.1. The Morgan fingerprint density at radius 3 is 2.19 bits per heavy atom. The molecule has 1 aromatic heterocycles. The van der Waals surface area contributed by atoms with Gasteiger partial charge in [0.2, 0.25) is 14.9 Å². The number of aromatic nitrogens is 3. The SMILES string of the molecule is Nc1ccc(-n2nnc(S(=O)(=O)c3cccc(C(F)(F)F)c3)c2-c2ccc(F)cc2)cc1. The van der Waals surface area contributed by atoms with Crippen LogP contribution in [0.15, 0.2) is 82.7 Å². The number of hydrogen-bond acceptors (Lipinski definition) is 5. The van der Waals surface area contributed by atoms with Crippen LogP contribution in [0.2, 0.25) is 0 Å². The van der Waals surface area contributed by atoms with Gasteiger partial charge < -0.3 is 5.73 Å². The topological polar surface area (TPSA) is 90.9 Å². The summed E-state index contributed by atoms with van der Waals surface area (Å²) in [6, 6.07) is 14.5. The Hall–Kier alpha value is -3.73.